The largest absolute Gasteiger partial charge is 0.496 e. The predicted molar refractivity (Wildman–Crippen MR) is 71.1 cm³/mol. The Morgan fingerprint density at radius 3 is 2.44 bits per heavy atom. The van der Waals surface area contributed by atoms with Crippen LogP contribution in [0.5, 0.6) is 5.75 Å². The molecule has 0 fully saturated rings. The van der Waals surface area contributed by atoms with Gasteiger partial charge >= 0.3 is 5.97 Å². The Bertz CT molecular complexity index is 494. The maximum Gasteiger partial charge on any atom is 0.379 e. The van der Waals surface area contributed by atoms with E-state index in [2.05, 4.69) is 15.9 Å². The SMILES string of the molecule is CCOC(=O)C(=O)c1cc(C)c(Br)c(C)c1OC. The van der Waals surface area contributed by atoms with Gasteiger partial charge in [0.05, 0.1) is 19.3 Å². The lowest BCUT2D eigenvalue weighted by molar-refractivity contribution is -0.137. The summed E-state index contributed by atoms with van der Waals surface area (Å²) in [5, 5.41) is 0. The Balaban J connectivity index is 3.32. The fourth-order valence-corrected chi connectivity index (χ4v) is 1.98. The van der Waals surface area contributed by atoms with Crippen molar-refractivity contribution < 1.29 is 19.1 Å². The number of rotatable bonds is 4. The van der Waals surface area contributed by atoms with Crippen molar-refractivity contribution in [3.05, 3.63) is 27.2 Å². The first kappa shape index (κ1) is 14.7. The second kappa shape index (κ2) is 6.00. The lowest BCUT2D eigenvalue weighted by atomic mass is 10.0. The second-order valence-corrected chi connectivity index (χ2v) is 4.56. The van der Waals surface area contributed by atoms with Gasteiger partial charge in [-0.3, -0.25) is 4.79 Å². The molecule has 1 aromatic carbocycles. The van der Waals surface area contributed by atoms with Gasteiger partial charge < -0.3 is 9.47 Å². The van der Waals surface area contributed by atoms with Crippen LogP contribution in [0.4, 0.5) is 0 Å². The van der Waals surface area contributed by atoms with Gasteiger partial charge in [0.2, 0.25) is 0 Å². The lowest BCUT2D eigenvalue weighted by Gasteiger charge is -2.13. The van der Waals surface area contributed by atoms with Gasteiger partial charge in [-0.25, -0.2) is 4.79 Å². The van der Waals surface area contributed by atoms with Crippen LogP contribution in [0.15, 0.2) is 10.5 Å². The number of carbonyl (C=O) groups is 2. The number of hydrogen-bond acceptors (Lipinski definition) is 4. The molecule has 0 atom stereocenters. The number of ether oxygens (including phenoxy) is 2. The first-order chi connectivity index (χ1) is 8.43. The van der Waals surface area contributed by atoms with Crippen molar-refractivity contribution >= 4 is 27.7 Å². The molecule has 0 aromatic heterocycles. The van der Waals surface area contributed by atoms with E-state index in [4.69, 9.17) is 9.47 Å². The normalized spacial score (nSPS) is 10.1. The topological polar surface area (TPSA) is 52.6 Å². The molecule has 5 heteroatoms. The highest BCUT2D eigenvalue weighted by Gasteiger charge is 2.24. The number of Topliss-reactive ketones (excluding diaryl/α,β-unsaturated/α-hetero) is 1. The molecular weight excluding hydrogens is 300 g/mol. The monoisotopic (exact) mass is 314 g/mol. The lowest BCUT2D eigenvalue weighted by Crippen LogP contribution is -2.19. The van der Waals surface area contributed by atoms with E-state index in [0.717, 1.165) is 15.6 Å². The molecule has 0 bridgehead atoms. The number of carbonyl (C=O) groups excluding carboxylic acids is 2. The van der Waals surface area contributed by atoms with E-state index in [1.807, 2.05) is 13.8 Å². The molecule has 0 spiro atoms. The molecule has 0 N–H and O–H groups in total. The van der Waals surface area contributed by atoms with Gasteiger partial charge in [-0.2, -0.15) is 0 Å². The van der Waals surface area contributed by atoms with Crippen LogP contribution in [-0.4, -0.2) is 25.5 Å². The highest BCUT2D eigenvalue weighted by Crippen LogP contribution is 2.33. The molecule has 0 aliphatic heterocycles. The van der Waals surface area contributed by atoms with Gasteiger partial charge in [-0.1, -0.05) is 15.9 Å². The molecule has 0 aliphatic carbocycles. The zero-order valence-corrected chi connectivity index (χ0v) is 12.4. The maximum absolute atomic E-state index is 12.0. The van der Waals surface area contributed by atoms with Crippen molar-refractivity contribution in [1.29, 1.82) is 0 Å². The van der Waals surface area contributed by atoms with Crippen molar-refractivity contribution in [3.8, 4) is 5.75 Å². The summed E-state index contributed by atoms with van der Waals surface area (Å²) in [6.07, 6.45) is 0. The Morgan fingerprint density at radius 2 is 1.94 bits per heavy atom. The van der Waals surface area contributed by atoms with Crippen LogP contribution in [0.2, 0.25) is 0 Å². The zero-order chi connectivity index (χ0) is 13.9. The van der Waals surface area contributed by atoms with Gasteiger partial charge in [0.25, 0.3) is 5.78 Å². The molecule has 0 unspecified atom stereocenters. The van der Waals surface area contributed by atoms with Crippen LogP contribution in [-0.2, 0) is 9.53 Å². The highest BCUT2D eigenvalue weighted by atomic mass is 79.9. The number of methoxy groups -OCH3 is 1. The molecule has 0 amide bonds. The van der Waals surface area contributed by atoms with Crippen LogP contribution in [0, 0.1) is 13.8 Å². The fourth-order valence-electron chi connectivity index (χ4n) is 1.68. The Labute approximate surface area is 114 Å². The van der Waals surface area contributed by atoms with Gasteiger partial charge in [-0.05, 0) is 32.4 Å². The predicted octanol–water partition coefficient (Wildman–Crippen LogP) is 2.82. The van der Waals surface area contributed by atoms with Crippen molar-refractivity contribution in [2.45, 2.75) is 20.8 Å². The summed E-state index contributed by atoms with van der Waals surface area (Å²) >= 11 is 3.41. The molecule has 0 radical (unpaired) electrons. The van der Waals surface area contributed by atoms with Crippen molar-refractivity contribution in [3.63, 3.8) is 0 Å². The highest BCUT2D eigenvalue weighted by molar-refractivity contribution is 9.10. The smallest absolute Gasteiger partial charge is 0.379 e. The summed E-state index contributed by atoms with van der Waals surface area (Å²) in [4.78, 5) is 23.4. The molecule has 4 nitrogen and oxygen atoms in total. The van der Waals surface area contributed by atoms with Crippen LogP contribution in [0.25, 0.3) is 0 Å². The van der Waals surface area contributed by atoms with Crippen LogP contribution in [0.3, 0.4) is 0 Å². The summed E-state index contributed by atoms with van der Waals surface area (Å²) in [5.41, 5.74) is 1.88. The number of benzene rings is 1. The Hall–Kier alpha value is -1.36. The minimum absolute atomic E-state index is 0.168. The van der Waals surface area contributed by atoms with E-state index >= 15 is 0 Å². The van der Waals surface area contributed by atoms with Crippen molar-refractivity contribution in [2.24, 2.45) is 0 Å². The van der Waals surface area contributed by atoms with Crippen molar-refractivity contribution in [2.75, 3.05) is 13.7 Å². The van der Waals surface area contributed by atoms with E-state index < -0.39 is 11.8 Å². The van der Waals surface area contributed by atoms with Gasteiger partial charge in [-0.15, -0.1) is 0 Å². The average Bonchev–Trinajstić information content (AvgIpc) is 2.35. The maximum atomic E-state index is 12.0. The molecule has 1 rings (SSSR count). The standard InChI is InChI=1S/C13H15BrO4/c1-5-18-13(16)11(15)9-6-7(2)10(14)8(3)12(9)17-4/h6H,5H2,1-4H3. The molecular formula is C13H15BrO4. The summed E-state index contributed by atoms with van der Waals surface area (Å²) < 4.78 is 10.8. The third-order valence-electron chi connectivity index (χ3n) is 2.53. The van der Waals surface area contributed by atoms with Crippen LogP contribution >= 0.6 is 15.9 Å². The Kier molecular flexibility index (Phi) is 4.90. The first-order valence-corrected chi connectivity index (χ1v) is 6.28. The second-order valence-electron chi connectivity index (χ2n) is 3.76. The third kappa shape index (κ3) is 2.72. The molecule has 0 saturated carbocycles. The molecule has 1 aromatic rings. The fraction of sp³-hybridized carbons (Fsp3) is 0.385. The number of halogens is 1. The average molecular weight is 315 g/mol. The van der Waals surface area contributed by atoms with Gasteiger partial charge in [0.1, 0.15) is 5.75 Å². The zero-order valence-electron chi connectivity index (χ0n) is 10.8. The summed E-state index contributed by atoms with van der Waals surface area (Å²) in [6, 6.07) is 1.62. The third-order valence-corrected chi connectivity index (χ3v) is 3.75. The van der Waals surface area contributed by atoms with Gasteiger partial charge in [0, 0.05) is 10.0 Å². The van der Waals surface area contributed by atoms with E-state index in [9.17, 15) is 9.59 Å². The van der Waals surface area contributed by atoms with Crippen LogP contribution < -0.4 is 4.74 Å². The molecule has 0 heterocycles. The number of aryl methyl sites for hydroxylation is 1. The number of hydrogen-bond donors (Lipinski definition) is 0. The number of ketones is 1. The summed E-state index contributed by atoms with van der Waals surface area (Å²) in [5.74, 6) is -1.16. The van der Waals surface area contributed by atoms with Gasteiger partial charge in [0.15, 0.2) is 0 Å². The molecule has 0 saturated heterocycles. The van der Waals surface area contributed by atoms with Crippen LogP contribution in [0.1, 0.15) is 28.4 Å². The summed E-state index contributed by atoms with van der Waals surface area (Å²) in [6.45, 7) is 5.48. The van der Waals surface area contributed by atoms with E-state index in [1.165, 1.54) is 7.11 Å². The van der Waals surface area contributed by atoms with Crippen molar-refractivity contribution in [1.82, 2.24) is 0 Å². The first-order valence-electron chi connectivity index (χ1n) is 5.49. The Morgan fingerprint density at radius 1 is 1.33 bits per heavy atom. The quantitative estimate of drug-likeness (QED) is 0.487. The molecule has 98 valence electrons. The minimum atomic E-state index is -0.864. The van der Waals surface area contributed by atoms with E-state index in [0.29, 0.717) is 5.75 Å². The van der Waals surface area contributed by atoms with E-state index in [1.54, 1.807) is 13.0 Å². The molecule has 18 heavy (non-hydrogen) atoms. The van der Waals surface area contributed by atoms with E-state index in [-0.39, 0.29) is 12.2 Å². The number of esters is 1. The summed E-state index contributed by atoms with van der Waals surface area (Å²) in [7, 11) is 1.46. The minimum Gasteiger partial charge on any atom is -0.496 e. The molecule has 0 aliphatic rings.